The predicted molar refractivity (Wildman–Crippen MR) is 67.4 cm³/mol. The topological polar surface area (TPSA) is 72.5 Å². The number of Topliss-reactive ketones (excluding diaryl/α,β-unsaturated/α-hetero) is 1. The standard InChI is InChI=1S/C12H13NO4S/c1-9(14)12(17-7-8-18(12)16)11(15)13-10-5-3-2-4-6-10/h2-6H,7-8H2,1H3,(H,13,15)/t12-,18-/m1/s1. The minimum atomic E-state index is -1.85. The lowest BCUT2D eigenvalue weighted by Crippen LogP contribution is -2.51. The van der Waals surface area contributed by atoms with Gasteiger partial charge in [-0.3, -0.25) is 13.8 Å². The summed E-state index contributed by atoms with van der Waals surface area (Å²) in [5.41, 5.74) is 0.538. The molecule has 1 aromatic rings. The van der Waals surface area contributed by atoms with Crippen LogP contribution in [0.1, 0.15) is 6.92 Å². The number of hydrogen-bond donors (Lipinski definition) is 1. The molecule has 18 heavy (non-hydrogen) atoms. The van der Waals surface area contributed by atoms with Gasteiger partial charge in [0.15, 0.2) is 5.78 Å². The lowest BCUT2D eigenvalue weighted by Gasteiger charge is -2.22. The number of nitrogens with one attached hydrogen (secondary N) is 1. The van der Waals surface area contributed by atoms with Crippen molar-refractivity contribution >= 4 is 28.2 Å². The van der Waals surface area contributed by atoms with Crippen molar-refractivity contribution in [1.29, 1.82) is 0 Å². The maximum absolute atomic E-state index is 12.1. The van der Waals surface area contributed by atoms with Gasteiger partial charge in [0, 0.05) is 5.69 Å². The molecule has 0 aromatic heterocycles. The van der Waals surface area contributed by atoms with Crippen molar-refractivity contribution in [3.8, 4) is 0 Å². The van der Waals surface area contributed by atoms with Crippen molar-refractivity contribution < 1.29 is 18.5 Å². The lowest BCUT2D eigenvalue weighted by molar-refractivity contribution is -0.141. The van der Waals surface area contributed by atoms with Crippen molar-refractivity contribution in [3.63, 3.8) is 0 Å². The summed E-state index contributed by atoms with van der Waals surface area (Å²) in [7, 11) is -1.64. The zero-order valence-electron chi connectivity index (χ0n) is 9.84. The van der Waals surface area contributed by atoms with Gasteiger partial charge in [0.1, 0.15) is 0 Å². The zero-order valence-corrected chi connectivity index (χ0v) is 10.7. The Labute approximate surface area is 107 Å². The molecule has 1 aliphatic heterocycles. The summed E-state index contributed by atoms with van der Waals surface area (Å²) in [5.74, 6) is -1.01. The van der Waals surface area contributed by atoms with Gasteiger partial charge >= 0.3 is 0 Å². The number of anilines is 1. The van der Waals surface area contributed by atoms with Crippen molar-refractivity contribution in [2.45, 2.75) is 11.9 Å². The molecule has 0 saturated carbocycles. The Balaban J connectivity index is 2.26. The maximum Gasteiger partial charge on any atom is 0.280 e. The van der Waals surface area contributed by atoms with Crippen molar-refractivity contribution in [2.75, 3.05) is 17.7 Å². The Morgan fingerprint density at radius 1 is 1.33 bits per heavy atom. The molecule has 2 atom stereocenters. The molecule has 0 aliphatic carbocycles. The van der Waals surface area contributed by atoms with E-state index in [0.717, 1.165) is 0 Å². The molecular formula is C12H13NO4S. The molecule has 1 heterocycles. The fourth-order valence-corrected chi connectivity index (χ4v) is 3.11. The van der Waals surface area contributed by atoms with Crippen LogP contribution < -0.4 is 5.32 Å². The van der Waals surface area contributed by atoms with Crippen LogP contribution in [0.2, 0.25) is 0 Å². The van der Waals surface area contributed by atoms with Crippen LogP contribution in [-0.4, -0.2) is 33.2 Å². The summed E-state index contributed by atoms with van der Waals surface area (Å²) in [4.78, 5) is 21.9. The van der Waals surface area contributed by atoms with Crippen LogP contribution in [0.3, 0.4) is 0 Å². The number of rotatable bonds is 3. The van der Waals surface area contributed by atoms with E-state index in [4.69, 9.17) is 4.74 Å². The Morgan fingerprint density at radius 2 is 2.00 bits per heavy atom. The molecule has 0 unspecified atom stereocenters. The molecule has 96 valence electrons. The predicted octanol–water partition coefficient (Wildman–Crippen LogP) is 0.689. The number of para-hydroxylation sites is 1. The van der Waals surface area contributed by atoms with E-state index >= 15 is 0 Å². The van der Waals surface area contributed by atoms with Gasteiger partial charge in [-0.25, -0.2) is 0 Å². The molecule has 6 heteroatoms. The number of ketones is 1. The first-order valence-electron chi connectivity index (χ1n) is 5.47. The first-order chi connectivity index (χ1) is 8.57. The molecular weight excluding hydrogens is 254 g/mol. The highest BCUT2D eigenvalue weighted by atomic mass is 32.2. The highest BCUT2D eigenvalue weighted by molar-refractivity contribution is 7.88. The third kappa shape index (κ3) is 2.09. The van der Waals surface area contributed by atoms with E-state index in [1.165, 1.54) is 6.92 Å². The zero-order chi connectivity index (χ0) is 13.2. The van der Waals surface area contributed by atoms with E-state index in [-0.39, 0.29) is 12.4 Å². The summed E-state index contributed by atoms with van der Waals surface area (Å²) >= 11 is 0. The minimum absolute atomic E-state index is 0.147. The molecule has 1 saturated heterocycles. The van der Waals surface area contributed by atoms with Crippen LogP contribution in [0.5, 0.6) is 0 Å². The highest BCUT2D eigenvalue weighted by Gasteiger charge is 2.54. The van der Waals surface area contributed by atoms with Gasteiger partial charge in [0.25, 0.3) is 10.8 Å². The van der Waals surface area contributed by atoms with Crippen LogP contribution >= 0.6 is 0 Å². The third-order valence-corrected chi connectivity index (χ3v) is 4.46. The number of hydrogen-bond acceptors (Lipinski definition) is 4. The van der Waals surface area contributed by atoms with E-state index in [1.807, 2.05) is 0 Å². The Bertz CT molecular complexity index is 502. The van der Waals surface area contributed by atoms with Crippen LogP contribution in [0, 0.1) is 0 Å². The fourth-order valence-electron chi connectivity index (χ4n) is 1.80. The molecule has 1 amide bonds. The summed E-state index contributed by atoms with van der Waals surface area (Å²) in [6.45, 7) is 1.36. The monoisotopic (exact) mass is 267 g/mol. The number of benzene rings is 1. The van der Waals surface area contributed by atoms with Crippen molar-refractivity contribution in [2.24, 2.45) is 0 Å². The molecule has 2 rings (SSSR count). The van der Waals surface area contributed by atoms with Gasteiger partial charge in [-0.15, -0.1) is 0 Å². The summed E-state index contributed by atoms with van der Waals surface area (Å²) in [6.07, 6.45) is 0. The second-order valence-electron chi connectivity index (χ2n) is 3.89. The number of ether oxygens (including phenoxy) is 1. The van der Waals surface area contributed by atoms with Crippen molar-refractivity contribution in [3.05, 3.63) is 30.3 Å². The van der Waals surface area contributed by atoms with Gasteiger partial charge in [-0.2, -0.15) is 0 Å². The SMILES string of the molecule is CC(=O)[C@@]1(C(=O)Nc2ccccc2)OCC[S@]1=O. The first kappa shape index (κ1) is 12.9. The molecule has 0 radical (unpaired) electrons. The van der Waals surface area contributed by atoms with E-state index in [9.17, 15) is 13.8 Å². The molecule has 0 bridgehead atoms. The molecule has 1 N–H and O–H groups in total. The Kier molecular flexibility index (Phi) is 3.58. The van der Waals surface area contributed by atoms with Crippen molar-refractivity contribution in [1.82, 2.24) is 0 Å². The second kappa shape index (κ2) is 4.99. The van der Waals surface area contributed by atoms with Crippen LogP contribution in [0.15, 0.2) is 30.3 Å². The fraction of sp³-hybridized carbons (Fsp3) is 0.333. The molecule has 0 spiro atoms. The van der Waals surface area contributed by atoms with E-state index in [0.29, 0.717) is 5.69 Å². The number of carbonyl (C=O) groups is 2. The van der Waals surface area contributed by atoms with Gasteiger partial charge < -0.3 is 10.1 Å². The minimum Gasteiger partial charge on any atom is -0.346 e. The average Bonchev–Trinajstić information content (AvgIpc) is 2.73. The Morgan fingerprint density at radius 3 is 2.50 bits per heavy atom. The van der Waals surface area contributed by atoms with Gasteiger partial charge in [-0.1, -0.05) is 18.2 Å². The molecule has 1 fully saturated rings. The summed E-state index contributed by atoms with van der Waals surface area (Å²) in [5, 5.41) is 2.56. The molecule has 1 aromatic carbocycles. The second-order valence-corrected chi connectivity index (χ2v) is 5.57. The summed E-state index contributed by atoms with van der Waals surface area (Å²) in [6, 6.07) is 8.68. The normalized spacial score (nSPS) is 26.8. The highest BCUT2D eigenvalue weighted by Crippen LogP contribution is 2.26. The lowest BCUT2D eigenvalue weighted by atomic mass is 10.2. The third-order valence-electron chi connectivity index (χ3n) is 2.69. The van der Waals surface area contributed by atoms with Crippen LogP contribution in [0.25, 0.3) is 0 Å². The first-order valence-corrected chi connectivity index (χ1v) is 6.79. The van der Waals surface area contributed by atoms with Crippen LogP contribution in [0.4, 0.5) is 5.69 Å². The summed E-state index contributed by atoms with van der Waals surface area (Å²) < 4.78 is 17.1. The van der Waals surface area contributed by atoms with Gasteiger partial charge in [0.2, 0.25) is 0 Å². The maximum atomic E-state index is 12.1. The number of carbonyl (C=O) groups excluding carboxylic acids is 2. The Hall–Kier alpha value is -1.53. The largest absolute Gasteiger partial charge is 0.346 e. The van der Waals surface area contributed by atoms with Crippen LogP contribution in [-0.2, 0) is 25.1 Å². The quantitative estimate of drug-likeness (QED) is 0.818. The van der Waals surface area contributed by atoms with E-state index in [1.54, 1.807) is 30.3 Å². The molecule has 1 aliphatic rings. The smallest absolute Gasteiger partial charge is 0.280 e. The van der Waals surface area contributed by atoms with Gasteiger partial charge in [-0.05, 0) is 19.1 Å². The number of amides is 1. The molecule has 5 nitrogen and oxygen atoms in total. The average molecular weight is 267 g/mol. The van der Waals surface area contributed by atoms with E-state index in [2.05, 4.69) is 5.32 Å². The van der Waals surface area contributed by atoms with Gasteiger partial charge in [0.05, 0.1) is 23.2 Å². The van der Waals surface area contributed by atoms with E-state index < -0.39 is 27.4 Å².